The predicted octanol–water partition coefficient (Wildman–Crippen LogP) is 2.10. The zero-order chi connectivity index (χ0) is 11.5. The summed E-state index contributed by atoms with van der Waals surface area (Å²) in [6.45, 7) is 0.187. The average molecular weight is 253 g/mol. The second kappa shape index (κ2) is 4.84. The molecule has 0 atom stereocenters. The maximum Gasteiger partial charge on any atom is 0.325 e. The Morgan fingerprint density at radius 2 is 2.31 bits per heavy atom. The maximum atomic E-state index is 11.3. The highest BCUT2D eigenvalue weighted by molar-refractivity contribution is 8.01. The third-order valence-electron chi connectivity index (χ3n) is 2.32. The molecule has 1 heterocycles. The molecule has 0 saturated carbocycles. The summed E-state index contributed by atoms with van der Waals surface area (Å²) in [5, 5.41) is 0. The van der Waals surface area contributed by atoms with Gasteiger partial charge in [0.05, 0.1) is 17.8 Å². The van der Waals surface area contributed by atoms with Crippen LogP contribution >= 0.6 is 24.0 Å². The fourth-order valence-corrected chi connectivity index (χ4v) is 2.80. The van der Waals surface area contributed by atoms with Gasteiger partial charge in [0, 0.05) is 10.6 Å². The number of esters is 1. The summed E-state index contributed by atoms with van der Waals surface area (Å²) in [4.78, 5) is 15.1. The molecular weight excluding hydrogens is 242 g/mol. The zero-order valence-electron chi connectivity index (χ0n) is 8.80. The van der Waals surface area contributed by atoms with E-state index in [1.54, 1.807) is 11.8 Å². The van der Waals surface area contributed by atoms with E-state index >= 15 is 0 Å². The van der Waals surface area contributed by atoms with Gasteiger partial charge >= 0.3 is 5.97 Å². The number of thiocarbonyl (C=S) groups is 1. The molecule has 0 spiro atoms. The van der Waals surface area contributed by atoms with Crippen LogP contribution < -0.4 is 4.90 Å². The number of nitrogens with zero attached hydrogens (tertiary/aromatic N) is 1. The molecule has 0 aliphatic carbocycles. The van der Waals surface area contributed by atoms with E-state index in [9.17, 15) is 4.79 Å². The molecule has 0 N–H and O–H groups in total. The van der Waals surface area contributed by atoms with Crippen molar-refractivity contribution in [1.82, 2.24) is 0 Å². The molecule has 5 heteroatoms. The fraction of sp³-hybridized carbons (Fsp3) is 0.273. The van der Waals surface area contributed by atoms with Crippen molar-refractivity contribution in [3.8, 4) is 0 Å². The number of ether oxygens (including phenoxy) is 1. The van der Waals surface area contributed by atoms with Gasteiger partial charge in [0.25, 0.3) is 0 Å². The van der Waals surface area contributed by atoms with Gasteiger partial charge in [-0.25, -0.2) is 0 Å². The Kier molecular flexibility index (Phi) is 3.46. The van der Waals surface area contributed by atoms with Crippen LogP contribution in [-0.4, -0.2) is 30.4 Å². The second-order valence-electron chi connectivity index (χ2n) is 3.31. The molecule has 0 radical (unpaired) electrons. The minimum absolute atomic E-state index is 0.187. The van der Waals surface area contributed by atoms with Crippen molar-refractivity contribution in [2.75, 3.05) is 24.3 Å². The van der Waals surface area contributed by atoms with E-state index in [1.807, 2.05) is 29.2 Å². The van der Waals surface area contributed by atoms with E-state index in [-0.39, 0.29) is 12.5 Å². The van der Waals surface area contributed by atoms with Crippen LogP contribution in [0.25, 0.3) is 0 Å². The van der Waals surface area contributed by atoms with Crippen molar-refractivity contribution in [2.24, 2.45) is 0 Å². The Morgan fingerprint density at radius 1 is 1.56 bits per heavy atom. The van der Waals surface area contributed by atoms with Gasteiger partial charge in [0.1, 0.15) is 6.54 Å². The smallest absolute Gasteiger partial charge is 0.325 e. The van der Waals surface area contributed by atoms with E-state index in [1.165, 1.54) is 7.11 Å². The van der Waals surface area contributed by atoms with Crippen molar-refractivity contribution in [2.45, 2.75) is 4.90 Å². The lowest BCUT2D eigenvalue weighted by atomic mass is 10.2. The van der Waals surface area contributed by atoms with Crippen molar-refractivity contribution in [3.05, 3.63) is 24.3 Å². The van der Waals surface area contributed by atoms with Gasteiger partial charge in [-0.15, -0.1) is 11.8 Å². The van der Waals surface area contributed by atoms with Crippen molar-refractivity contribution in [3.63, 3.8) is 0 Å². The lowest BCUT2D eigenvalue weighted by molar-refractivity contribution is -0.138. The summed E-state index contributed by atoms with van der Waals surface area (Å²) in [6, 6.07) is 7.93. The van der Waals surface area contributed by atoms with Crippen LogP contribution in [0.4, 0.5) is 5.69 Å². The molecule has 0 saturated heterocycles. The largest absolute Gasteiger partial charge is 0.468 e. The van der Waals surface area contributed by atoms with Gasteiger partial charge in [-0.05, 0) is 12.1 Å². The Hall–Kier alpha value is -1.07. The van der Waals surface area contributed by atoms with Crippen LogP contribution in [0, 0.1) is 0 Å². The number of fused-ring (bicyclic) bond motifs is 1. The highest BCUT2D eigenvalue weighted by atomic mass is 32.2. The number of hydrogen-bond acceptors (Lipinski definition) is 4. The molecule has 16 heavy (non-hydrogen) atoms. The summed E-state index contributed by atoms with van der Waals surface area (Å²) in [5.74, 6) is 0.465. The van der Waals surface area contributed by atoms with Gasteiger partial charge in [0.2, 0.25) is 0 Å². The molecule has 2 rings (SSSR count). The highest BCUT2D eigenvalue weighted by Gasteiger charge is 2.23. The molecule has 0 fully saturated rings. The SMILES string of the molecule is COC(=O)CN1C(=S)CSc2ccccc21. The molecular formula is C11H11NO2S2. The second-order valence-corrected chi connectivity index (χ2v) is 4.80. The first-order chi connectivity index (χ1) is 7.72. The Bertz CT molecular complexity index is 434. The van der Waals surface area contributed by atoms with E-state index in [0.717, 1.165) is 21.3 Å². The first-order valence-corrected chi connectivity index (χ1v) is 6.21. The molecule has 3 nitrogen and oxygen atoms in total. The Morgan fingerprint density at radius 3 is 3.06 bits per heavy atom. The number of rotatable bonds is 2. The number of carbonyl (C=O) groups is 1. The number of anilines is 1. The van der Waals surface area contributed by atoms with Crippen molar-refractivity contribution < 1.29 is 9.53 Å². The number of hydrogen-bond donors (Lipinski definition) is 0. The number of methoxy groups -OCH3 is 1. The quantitative estimate of drug-likeness (QED) is 0.595. The first kappa shape index (κ1) is 11.4. The molecule has 1 aliphatic heterocycles. The van der Waals surface area contributed by atoms with Crippen LogP contribution in [0.3, 0.4) is 0 Å². The van der Waals surface area contributed by atoms with Gasteiger partial charge < -0.3 is 9.64 Å². The predicted molar refractivity (Wildman–Crippen MR) is 69.1 cm³/mol. The average Bonchev–Trinajstić information content (AvgIpc) is 2.32. The first-order valence-electron chi connectivity index (χ1n) is 4.81. The molecule has 0 unspecified atom stereocenters. The number of thioether (sulfide) groups is 1. The van der Waals surface area contributed by atoms with Gasteiger partial charge in [-0.3, -0.25) is 4.79 Å². The van der Waals surface area contributed by atoms with Crippen LogP contribution in [0.2, 0.25) is 0 Å². The lowest BCUT2D eigenvalue weighted by Crippen LogP contribution is -2.38. The number of benzene rings is 1. The topological polar surface area (TPSA) is 29.5 Å². The van der Waals surface area contributed by atoms with Gasteiger partial charge in [0.15, 0.2) is 0 Å². The van der Waals surface area contributed by atoms with Crippen LogP contribution in [-0.2, 0) is 9.53 Å². The third-order valence-corrected chi connectivity index (χ3v) is 3.94. The van der Waals surface area contributed by atoms with E-state index < -0.39 is 0 Å². The molecule has 0 amide bonds. The summed E-state index contributed by atoms with van der Waals surface area (Å²) < 4.78 is 4.67. The normalized spacial score (nSPS) is 14.6. The molecule has 0 bridgehead atoms. The van der Waals surface area contributed by atoms with Gasteiger partial charge in [-0.1, -0.05) is 24.4 Å². The third kappa shape index (κ3) is 2.20. The summed E-state index contributed by atoms with van der Waals surface area (Å²) in [5.41, 5.74) is 0.995. The number of carbonyl (C=O) groups excluding carboxylic acids is 1. The van der Waals surface area contributed by atoms with Crippen molar-refractivity contribution >= 4 is 40.6 Å². The summed E-state index contributed by atoms with van der Waals surface area (Å²) in [7, 11) is 1.38. The highest BCUT2D eigenvalue weighted by Crippen LogP contribution is 2.35. The fourth-order valence-electron chi connectivity index (χ4n) is 1.52. The minimum Gasteiger partial charge on any atom is -0.468 e. The Balaban J connectivity index is 2.29. The number of para-hydroxylation sites is 1. The van der Waals surface area contributed by atoms with Crippen LogP contribution in [0.5, 0.6) is 0 Å². The lowest BCUT2D eigenvalue weighted by Gasteiger charge is -2.30. The molecule has 84 valence electrons. The van der Waals surface area contributed by atoms with Crippen LogP contribution in [0.15, 0.2) is 29.2 Å². The van der Waals surface area contributed by atoms with E-state index in [2.05, 4.69) is 4.74 Å². The standard InChI is InChI=1S/C11H11NO2S2/c1-14-11(13)6-12-8-4-2-3-5-9(8)16-7-10(12)15/h2-5H,6-7H2,1H3. The molecule has 0 aromatic heterocycles. The molecule has 1 aromatic carbocycles. The maximum absolute atomic E-state index is 11.3. The Labute approximate surface area is 104 Å². The van der Waals surface area contributed by atoms with Crippen LogP contribution in [0.1, 0.15) is 0 Å². The summed E-state index contributed by atoms with van der Waals surface area (Å²) in [6.07, 6.45) is 0. The minimum atomic E-state index is -0.274. The van der Waals surface area contributed by atoms with Crippen molar-refractivity contribution in [1.29, 1.82) is 0 Å². The summed E-state index contributed by atoms with van der Waals surface area (Å²) >= 11 is 6.97. The van der Waals surface area contributed by atoms with E-state index in [4.69, 9.17) is 12.2 Å². The monoisotopic (exact) mass is 253 g/mol. The molecule has 1 aromatic rings. The zero-order valence-corrected chi connectivity index (χ0v) is 10.4. The molecule has 1 aliphatic rings. The van der Waals surface area contributed by atoms with Gasteiger partial charge in [-0.2, -0.15) is 0 Å². The van der Waals surface area contributed by atoms with E-state index in [0.29, 0.717) is 0 Å².